The van der Waals surface area contributed by atoms with E-state index in [1.807, 2.05) is 24.3 Å². The fraction of sp³-hybridized carbons (Fsp3) is 0.176. The lowest BCUT2D eigenvalue weighted by molar-refractivity contribution is 0.474. The van der Waals surface area contributed by atoms with Crippen LogP contribution in [-0.2, 0) is 5.75 Å². The molecule has 0 unspecified atom stereocenters. The molecule has 0 saturated heterocycles. The van der Waals surface area contributed by atoms with Crippen LogP contribution in [0.5, 0.6) is 5.75 Å². The van der Waals surface area contributed by atoms with E-state index in [0.29, 0.717) is 17.1 Å². The Hall–Kier alpha value is -1.96. The van der Waals surface area contributed by atoms with E-state index in [4.69, 9.17) is 16.9 Å². The molecule has 0 atom stereocenters. The topological polar surface area (TPSA) is 56.4 Å². The van der Waals surface area contributed by atoms with Gasteiger partial charge in [0.15, 0.2) is 0 Å². The van der Waals surface area contributed by atoms with Gasteiger partial charge in [-0.05, 0) is 29.8 Å². The summed E-state index contributed by atoms with van der Waals surface area (Å²) in [6, 6.07) is 14.7. The molecule has 0 aliphatic heterocycles. The van der Waals surface area contributed by atoms with Crippen LogP contribution in [0, 0.1) is 11.3 Å². The molecule has 0 bridgehead atoms. The van der Waals surface area contributed by atoms with Crippen LogP contribution < -0.4 is 0 Å². The van der Waals surface area contributed by atoms with Crippen LogP contribution in [0.2, 0.25) is 5.02 Å². The maximum absolute atomic E-state index is 9.66. The van der Waals surface area contributed by atoms with Crippen molar-refractivity contribution in [2.45, 2.75) is 5.75 Å². The van der Waals surface area contributed by atoms with Crippen molar-refractivity contribution in [2.75, 3.05) is 12.3 Å². The first-order chi connectivity index (χ1) is 10.7. The van der Waals surface area contributed by atoms with Gasteiger partial charge in [-0.1, -0.05) is 29.8 Å². The minimum absolute atomic E-state index is 0.170. The summed E-state index contributed by atoms with van der Waals surface area (Å²) in [5.41, 5.74) is 2.39. The average molecular weight is 331 g/mol. The molecule has 1 N–H and O–H groups in total. The lowest BCUT2D eigenvalue weighted by atomic mass is 10.1. The third kappa shape index (κ3) is 4.80. The summed E-state index contributed by atoms with van der Waals surface area (Å²) in [5, 5.41) is 19.2. The highest BCUT2D eigenvalue weighted by molar-refractivity contribution is 7.98. The fourth-order valence-corrected chi connectivity index (χ4v) is 2.88. The van der Waals surface area contributed by atoms with Crippen LogP contribution in [0.3, 0.4) is 0 Å². The number of halogens is 1. The first-order valence-corrected chi connectivity index (χ1v) is 8.28. The molecular formula is C17H15ClN2OS. The van der Waals surface area contributed by atoms with Gasteiger partial charge in [-0.25, -0.2) is 0 Å². The van der Waals surface area contributed by atoms with Gasteiger partial charge >= 0.3 is 0 Å². The predicted molar refractivity (Wildman–Crippen MR) is 92.9 cm³/mol. The second-order valence-corrected chi connectivity index (χ2v) is 6.10. The highest BCUT2D eigenvalue weighted by Gasteiger charge is 2.01. The van der Waals surface area contributed by atoms with Gasteiger partial charge in [-0.3, -0.25) is 4.99 Å². The van der Waals surface area contributed by atoms with Gasteiger partial charge in [-0.2, -0.15) is 17.0 Å². The van der Waals surface area contributed by atoms with E-state index in [0.717, 1.165) is 22.6 Å². The quantitative estimate of drug-likeness (QED) is 0.635. The molecule has 22 heavy (non-hydrogen) atoms. The Bertz CT molecular complexity index is 710. The molecule has 5 heteroatoms. The molecule has 0 aromatic heterocycles. The van der Waals surface area contributed by atoms with Crippen molar-refractivity contribution in [1.29, 1.82) is 5.26 Å². The third-order valence-electron chi connectivity index (χ3n) is 2.98. The lowest BCUT2D eigenvalue weighted by Gasteiger charge is -2.02. The normalized spacial score (nSPS) is 10.7. The smallest absolute Gasteiger partial charge is 0.124 e. The fourth-order valence-electron chi connectivity index (χ4n) is 1.85. The second-order valence-electron chi connectivity index (χ2n) is 4.56. The number of rotatable bonds is 6. The van der Waals surface area contributed by atoms with Crippen LogP contribution >= 0.6 is 23.4 Å². The minimum Gasteiger partial charge on any atom is -0.507 e. The summed E-state index contributed by atoms with van der Waals surface area (Å²) in [6.07, 6.45) is 1.63. The Morgan fingerprint density at radius 1 is 1.27 bits per heavy atom. The van der Waals surface area contributed by atoms with E-state index in [-0.39, 0.29) is 5.75 Å². The van der Waals surface area contributed by atoms with Crippen molar-refractivity contribution in [3.8, 4) is 11.8 Å². The molecule has 112 valence electrons. The summed E-state index contributed by atoms with van der Waals surface area (Å²) < 4.78 is 0. The third-order valence-corrected chi connectivity index (χ3v) is 4.20. The Kier molecular flexibility index (Phi) is 6.32. The maximum atomic E-state index is 9.66. The van der Waals surface area contributed by atoms with E-state index in [9.17, 15) is 5.11 Å². The summed E-state index contributed by atoms with van der Waals surface area (Å²) in [6.45, 7) is 0.644. The molecule has 0 aliphatic carbocycles. The van der Waals surface area contributed by atoms with Gasteiger partial charge < -0.3 is 5.11 Å². The van der Waals surface area contributed by atoms with Crippen molar-refractivity contribution >= 4 is 29.6 Å². The Balaban J connectivity index is 1.79. The molecular weight excluding hydrogens is 316 g/mol. The van der Waals surface area contributed by atoms with Crippen molar-refractivity contribution < 1.29 is 5.11 Å². The molecule has 0 saturated carbocycles. The lowest BCUT2D eigenvalue weighted by Crippen LogP contribution is -1.91. The molecule has 0 spiro atoms. The van der Waals surface area contributed by atoms with Crippen molar-refractivity contribution in [3.63, 3.8) is 0 Å². The van der Waals surface area contributed by atoms with E-state index < -0.39 is 0 Å². The van der Waals surface area contributed by atoms with Gasteiger partial charge in [0.2, 0.25) is 0 Å². The molecule has 0 radical (unpaired) electrons. The van der Waals surface area contributed by atoms with E-state index in [1.165, 1.54) is 0 Å². The van der Waals surface area contributed by atoms with Gasteiger partial charge in [-0.15, -0.1) is 0 Å². The number of hydrogen-bond donors (Lipinski definition) is 1. The number of benzene rings is 2. The average Bonchev–Trinajstić information content (AvgIpc) is 2.54. The first-order valence-electron chi connectivity index (χ1n) is 6.75. The molecule has 2 aromatic carbocycles. The van der Waals surface area contributed by atoms with Crippen LogP contribution in [-0.4, -0.2) is 23.6 Å². The standard InChI is InChI=1S/C17H15ClN2OS/c18-16-5-6-17(21)15(9-16)11-20-7-8-22-12-14-4-2-1-3-13(14)10-19/h1-6,9,11,21H,7-8,12H2. The zero-order valence-electron chi connectivity index (χ0n) is 11.9. The molecule has 0 aliphatic rings. The summed E-state index contributed by atoms with van der Waals surface area (Å²) >= 11 is 7.60. The van der Waals surface area contributed by atoms with E-state index >= 15 is 0 Å². The predicted octanol–water partition coefficient (Wildman–Crippen LogP) is 4.27. The number of phenols is 1. The summed E-state index contributed by atoms with van der Waals surface area (Å²) in [7, 11) is 0. The van der Waals surface area contributed by atoms with Crippen LogP contribution in [0.4, 0.5) is 0 Å². The zero-order valence-corrected chi connectivity index (χ0v) is 13.4. The Labute approximate surface area is 139 Å². The minimum atomic E-state index is 0.170. The van der Waals surface area contributed by atoms with Crippen molar-refractivity contribution in [2.24, 2.45) is 4.99 Å². The highest BCUT2D eigenvalue weighted by Crippen LogP contribution is 2.20. The summed E-state index contributed by atoms with van der Waals surface area (Å²) in [5.74, 6) is 1.81. The SMILES string of the molecule is N#Cc1ccccc1CSCCN=Cc1cc(Cl)ccc1O. The Morgan fingerprint density at radius 2 is 2.09 bits per heavy atom. The highest BCUT2D eigenvalue weighted by atomic mass is 35.5. The number of nitriles is 1. The number of nitrogens with zero attached hydrogens (tertiary/aromatic N) is 2. The van der Waals surface area contributed by atoms with Crippen molar-refractivity contribution in [3.05, 3.63) is 64.2 Å². The number of thioether (sulfide) groups is 1. The number of aromatic hydroxyl groups is 1. The number of hydrogen-bond acceptors (Lipinski definition) is 4. The van der Waals surface area contributed by atoms with E-state index in [2.05, 4.69) is 11.1 Å². The summed E-state index contributed by atoms with van der Waals surface area (Å²) in [4.78, 5) is 4.29. The Morgan fingerprint density at radius 3 is 2.91 bits per heavy atom. The molecule has 0 amide bonds. The largest absolute Gasteiger partial charge is 0.507 e. The van der Waals surface area contributed by atoms with Gasteiger partial charge in [0.25, 0.3) is 0 Å². The number of aliphatic imine (C=N–C) groups is 1. The van der Waals surface area contributed by atoms with Crippen LogP contribution in [0.15, 0.2) is 47.5 Å². The monoisotopic (exact) mass is 330 g/mol. The maximum Gasteiger partial charge on any atom is 0.124 e. The zero-order chi connectivity index (χ0) is 15.8. The van der Waals surface area contributed by atoms with Gasteiger partial charge in [0, 0.05) is 34.9 Å². The molecule has 3 nitrogen and oxygen atoms in total. The number of phenolic OH excluding ortho intramolecular Hbond substituents is 1. The van der Waals surface area contributed by atoms with Crippen LogP contribution in [0.1, 0.15) is 16.7 Å². The van der Waals surface area contributed by atoms with Crippen LogP contribution in [0.25, 0.3) is 0 Å². The second kappa shape index (κ2) is 8.47. The van der Waals surface area contributed by atoms with Gasteiger partial charge in [0.05, 0.1) is 11.6 Å². The molecule has 2 aromatic rings. The molecule has 0 fully saturated rings. The first kappa shape index (κ1) is 16.4. The van der Waals surface area contributed by atoms with Crippen molar-refractivity contribution in [1.82, 2.24) is 0 Å². The van der Waals surface area contributed by atoms with E-state index in [1.54, 1.807) is 36.2 Å². The molecule has 0 heterocycles. The van der Waals surface area contributed by atoms with Gasteiger partial charge in [0.1, 0.15) is 5.75 Å². The molecule has 2 rings (SSSR count).